The lowest BCUT2D eigenvalue weighted by Gasteiger charge is -2.07. The zero-order valence-electron chi connectivity index (χ0n) is 10.6. The van der Waals surface area contributed by atoms with Gasteiger partial charge in [-0.3, -0.25) is 10.1 Å². The average molecular weight is 295 g/mol. The van der Waals surface area contributed by atoms with Crippen LogP contribution in [0.5, 0.6) is 17.4 Å². The van der Waals surface area contributed by atoms with Crippen LogP contribution in [0.4, 0.5) is 5.69 Å². The first-order valence-corrected chi connectivity index (χ1v) is 6.18. The molecule has 0 fully saturated rings. The molecule has 2 aromatic rings. The summed E-state index contributed by atoms with van der Waals surface area (Å²) in [5.41, 5.74) is 0.674. The van der Waals surface area contributed by atoms with Gasteiger partial charge in [-0.1, -0.05) is 6.07 Å². The number of pyridine rings is 1. The summed E-state index contributed by atoms with van der Waals surface area (Å²) in [5, 5.41) is 11.0. The molecule has 0 amide bonds. The zero-order chi connectivity index (χ0) is 14.5. The van der Waals surface area contributed by atoms with E-state index < -0.39 is 4.92 Å². The molecule has 0 radical (unpaired) electrons. The van der Waals surface area contributed by atoms with E-state index in [0.717, 1.165) is 5.56 Å². The van der Waals surface area contributed by atoms with E-state index in [1.165, 1.54) is 25.3 Å². The molecular formula is C13H11ClN2O4. The molecular weight excluding hydrogens is 284 g/mol. The highest BCUT2D eigenvalue weighted by Gasteiger charge is 2.17. The predicted molar refractivity (Wildman–Crippen MR) is 73.5 cm³/mol. The van der Waals surface area contributed by atoms with E-state index in [-0.39, 0.29) is 17.3 Å². The van der Waals surface area contributed by atoms with E-state index in [9.17, 15) is 10.1 Å². The summed E-state index contributed by atoms with van der Waals surface area (Å²) in [5.74, 6) is 1.12. The SMILES string of the molecule is COc1ccc([N+](=O)[O-])c(Oc2ccc(CCl)cn2)c1. The Morgan fingerprint density at radius 1 is 1.35 bits per heavy atom. The lowest BCUT2D eigenvalue weighted by atomic mass is 10.3. The van der Waals surface area contributed by atoms with Gasteiger partial charge >= 0.3 is 5.69 Å². The highest BCUT2D eigenvalue weighted by Crippen LogP contribution is 2.33. The van der Waals surface area contributed by atoms with E-state index >= 15 is 0 Å². The third kappa shape index (κ3) is 3.16. The molecule has 0 bridgehead atoms. The van der Waals surface area contributed by atoms with Crippen LogP contribution in [0.15, 0.2) is 36.5 Å². The largest absolute Gasteiger partial charge is 0.497 e. The van der Waals surface area contributed by atoms with Gasteiger partial charge in [-0.15, -0.1) is 11.6 Å². The Morgan fingerprint density at radius 2 is 2.15 bits per heavy atom. The average Bonchev–Trinajstić information content (AvgIpc) is 2.47. The lowest BCUT2D eigenvalue weighted by Crippen LogP contribution is -1.96. The number of alkyl halides is 1. The Kier molecular flexibility index (Phi) is 4.37. The molecule has 1 heterocycles. The molecule has 0 spiro atoms. The summed E-state index contributed by atoms with van der Waals surface area (Å²) in [6.45, 7) is 0. The minimum Gasteiger partial charge on any atom is -0.497 e. The van der Waals surface area contributed by atoms with Crippen LogP contribution in [-0.2, 0) is 5.88 Å². The first-order valence-electron chi connectivity index (χ1n) is 5.65. The first-order chi connectivity index (χ1) is 9.63. The van der Waals surface area contributed by atoms with Crippen LogP contribution < -0.4 is 9.47 Å². The lowest BCUT2D eigenvalue weighted by molar-refractivity contribution is -0.385. The molecule has 7 heteroatoms. The topological polar surface area (TPSA) is 74.5 Å². The fraction of sp³-hybridized carbons (Fsp3) is 0.154. The molecule has 20 heavy (non-hydrogen) atoms. The number of rotatable bonds is 5. The van der Waals surface area contributed by atoms with E-state index in [4.69, 9.17) is 21.1 Å². The van der Waals surface area contributed by atoms with Crippen molar-refractivity contribution in [2.24, 2.45) is 0 Å². The van der Waals surface area contributed by atoms with Gasteiger partial charge in [-0.05, 0) is 11.6 Å². The Labute approximate surface area is 120 Å². The van der Waals surface area contributed by atoms with Gasteiger partial charge in [0.15, 0.2) is 0 Å². The number of hydrogen-bond donors (Lipinski definition) is 0. The molecule has 0 aliphatic rings. The molecule has 6 nitrogen and oxygen atoms in total. The van der Waals surface area contributed by atoms with Crippen LogP contribution in [-0.4, -0.2) is 17.0 Å². The number of halogens is 1. The number of methoxy groups -OCH3 is 1. The summed E-state index contributed by atoms with van der Waals surface area (Å²) < 4.78 is 10.5. The monoisotopic (exact) mass is 294 g/mol. The van der Waals surface area contributed by atoms with Crippen LogP contribution >= 0.6 is 11.6 Å². The number of benzene rings is 1. The van der Waals surface area contributed by atoms with Crippen LogP contribution in [0, 0.1) is 10.1 Å². The predicted octanol–water partition coefficient (Wildman–Crippen LogP) is 3.53. The van der Waals surface area contributed by atoms with Crippen LogP contribution in [0.1, 0.15) is 5.56 Å². The van der Waals surface area contributed by atoms with E-state index in [1.807, 2.05) is 0 Å². The van der Waals surface area contributed by atoms with Crippen molar-refractivity contribution in [2.45, 2.75) is 5.88 Å². The number of nitrogens with zero attached hydrogens (tertiary/aromatic N) is 2. The van der Waals surface area contributed by atoms with Gasteiger partial charge in [-0.25, -0.2) is 4.98 Å². The molecule has 0 atom stereocenters. The van der Waals surface area contributed by atoms with Crippen molar-refractivity contribution in [3.8, 4) is 17.4 Å². The smallest absolute Gasteiger partial charge is 0.311 e. The Balaban J connectivity index is 2.32. The van der Waals surface area contributed by atoms with Gasteiger partial charge in [0.1, 0.15) is 5.75 Å². The molecule has 0 aliphatic carbocycles. The fourth-order valence-corrected chi connectivity index (χ4v) is 1.68. The Bertz CT molecular complexity index is 616. The molecule has 104 valence electrons. The van der Waals surface area contributed by atoms with Gasteiger partial charge < -0.3 is 9.47 Å². The second-order valence-corrected chi connectivity index (χ2v) is 4.10. The van der Waals surface area contributed by atoms with Crippen molar-refractivity contribution in [3.05, 3.63) is 52.2 Å². The number of nitro groups is 1. The zero-order valence-corrected chi connectivity index (χ0v) is 11.3. The summed E-state index contributed by atoms with van der Waals surface area (Å²) in [6.07, 6.45) is 1.55. The van der Waals surface area contributed by atoms with Crippen molar-refractivity contribution in [1.82, 2.24) is 4.98 Å². The van der Waals surface area contributed by atoms with Gasteiger partial charge in [-0.2, -0.15) is 0 Å². The van der Waals surface area contributed by atoms with Crippen molar-refractivity contribution in [1.29, 1.82) is 0 Å². The van der Waals surface area contributed by atoms with Crippen molar-refractivity contribution < 1.29 is 14.4 Å². The van der Waals surface area contributed by atoms with Gasteiger partial charge in [0, 0.05) is 30.3 Å². The Hall–Kier alpha value is -2.34. The normalized spacial score (nSPS) is 10.1. The molecule has 0 N–H and O–H groups in total. The summed E-state index contributed by atoms with van der Waals surface area (Å²) >= 11 is 5.66. The maximum atomic E-state index is 11.0. The highest BCUT2D eigenvalue weighted by molar-refractivity contribution is 6.17. The van der Waals surface area contributed by atoms with E-state index in [2.05, 4.69) is 4.98 Å². The minimum absolute atomic E-state index is 0.0699. The van der Waals surface area contributed by atoms with Crippen LogP contribution in [0.3, 0.4) is 0 Å². The Morgan fingerprint density at radius 3 is 2.70 bits per heavy atom. The maximum Gasteiger partial charge on any atom is 0.311 e. The summed E-state index contributed by atoms with van der Waals surface area (Å²) in [4.78, 5) is 14.5. The second-order valence-electron chi connectivity index (χ2n) is 3.83. The van der Waals surface area contributed by atoms with Gasteiger partial charge in [0.2, 0.25) is 11.6 Å². The highest BCUT2D eigenvalue weighted by atomic mass is 35.5. The van der Waals surface area contributed by atoms with Crippen LogP contribution in [0.25, 0.3) is 0 Å². The number of aromatic nitrogens is 1. The van der Waals surface area contributed by atoms with E-state index in [0.29, 0.717) is 11.6 Å². The van der Waals surface area contributed by atoms with Gasteiger partial charge in [0.25, 0.3) is 0 Å². The van der Waals surface area contributed by atoms with Crippen molar-refractivity contribution in [2.75, 3.05) is 7.11 Å². The molecule has 1 aromatic carbocycles. The first kappa shape index (κ1) is 14.1. The summed E-state index contributed by atoms with van der Waals surface area (Å²) in [6, 6.07) is 7.59. The molecule has 0 saturated heterocycles. The maximum absolute atomic E-state index is 11.0. The minimum atomic E-state index is -0.526. The molecule has 0 saturated carbocycles. The van der Waals surface area contributed by atoms with Crippen molar-refractivity contribution in [3.63, 3.8) is 0 Å². The molecule has 0 aliphatic heterocycles. The molecule has 0 unspecified atom stereocenters. The number of ether oxygens (including phenoxy) is 2. The van der Waals surface area contributed by atoms with Crippen LogP contribution in [0.2, 0.25) is 0 Å². The molecule has 2 rings (SSSR count). The third-order valence-corrected chi connectivity index (χ3v) is 2.84. The molecule has 1 aromatic heterocycles. The number of nitro benzene ring substituents is 1. The second kappa shape index (κ2) is 6.21. The number of hydrogen-bond acceptors (Lipinski definition) is 5. The standard InChI is InChI=1S/C13H11ClN2O4/c1-19-10-3-4-11(16(17)18)12(6-10)20-13-5-2-9(7-14)8-15-13/h2-6,8H,7H2,1H3. The summed E-state index contributed by atoms with van der Waals surface area (Å²) in [7, 11) is 1.47. The quantitative estimate of drug-likeness (QED) is 0.479. The van der Waals surface area contributed by atoms with E-state index in [1.54, 1.807) is 18.3 Å². The van der Waals surface area contributed by atoms with Gasteiger partial charge in [0.05, 0.1) is 12.0 Å². The third-order valence-electron chi connectivity index (χ3n) is 2.53. The fourth-order valence-electron chi connectivity index (χ4n) is 1.52. The van der Waals surface area contributed by atoms with Crippen molar-refractivity contribution >= 4 is 17.3 Å².